The zero-order valence-electron chi connectivity index (χ0n) is 19.2. The summed E-state index contributed by atoms with van der Waals surface area (Å²) < 4.78 is 29.3. The van der Waals surface area contributed by atoms with E-state index in [-0.39, 0.29) is 29.2 Å². The monoisotopic (exact) mass is 474 g/mol. The summed E-state index contributed by atoms with van der Waals surface area (Å²) in [6, 6.07) is 19.2. The van der Waals surface area contributed by atoms with Gasteiger partial charge in [0, 0.05) is 0 Å². The lowest BCUT2D eigenvalue weighted by molar-refractivity contribution is -0.112. The van der Waals surface area contributed by atoms with Crippen molar-refractivity contribution in [3.63, 3.8) is 0 Å². The van der Waals surface area contributed by atoms with Crippen LogP contribution in [0.4, 0.5) is 10.1 Å². The van der Waals surface area contributed by atoms with Crippen LogP contribution in [0.25, 0.3) is 6.08 Å². The lowest BCUT2D eigenvalue weighted by atomic mass is 10.1. The molecule has 7 nitrogen and oxygen atoms in total. The molecule has 0 saturated heterocycles. The molecule has 178 valence electrons. The van der Waals surface area contributed by atoms with E-state index in [1.165, 1.54) is 31.4 Å². The van der Waals surface area contributed by atoms with Gasteiger partial charge < -0.3 is 19.5 Å². The van der Waals surface area contributed by atoms with Crippen molar-refractivity contribution in [1.29, 1.82) is 5.26 Å². The molecular weight excluding hydrogens is 451 g/mol. The molecule has 1 N–H and O–H groups in total. The van der Waals surface area contributed by atoms with Gasteiger partial charge in [-0.15, -0.1) is 0 Å². The molecule has 35 heavy (non-hydrogen) atoms. The number of methoxy groups -OCH3 is 1. The smallest absolute Gasteiger partial charge is 0.339 e. The van der Waals surface area contributed by atoms with Crippen LogP contribution in [0.15, 0.2) is 72.3 Å². The molecule has 0 bridgehead atoms. The van der Waals surface area contributed by atoms with Crippen LogP contribution >= 0.6 is 0 Å². The van der Waals surface area contributed by atoms with Crippen molar-refractivity contribution in [2.75, 3.05) is 19.0 Å². The minimum atomic E-state index is -0.682. The quantitative estimate of drug-likeness (QED) is 0.262. The maximum Gasteiger partial charge on any atom is 0.339 e. The number of nitrogens with zero attached hydrogens (tertiary/aromatic N) is 1. The van der Waals surface area contributed by atoms with E-state index in [0.717, 1.165) is 5.56 Å². The van der Waals surface area contributed by atoms with Crippen molar-refractivity contribution in [3.8, 4) is 17.6 Å². The normalized spacial score (nSPS) is 10.7. The first-order chi connectivity index (χ1) is 16.9. The van der Waals surface area contributed by atoms with Gasteiger partial charge in [0.2, 0.25) is 0 Å². The number of benzene rings is 3. The third-order valence-electron chi connectivity index (χ3n) is 4.83. The predicted octanol–water partition coefficient (Wildman–Crippen LogP) is 5.14. The molecule has 1 amide bonds. The van der Waals surface area contributed by atoms with Crippen LogP contribution in [-0.2, 0) is 16.1 Å². The highest BCUT2D eigenvalue weighted by Gasteiger charge is 2.16. The van der Waals surface area contributed by atoms with E-state index in [4.69, 9.17) is 14.2 Å². The van der Waals surface area contributed by atoms with E-state index >= 15 is 0 Å². The van der Waals surface area contributed by atoms with Crippen molar-refractivity contribution in [3.05, 3.63) is 94.8 Å². The van der Waals surface area contributed by atoms with Crippen LogP contribution in [0.3, 0.4) is 0 Å². The molecular formula is C27H23FN2O5. The van der Waals surface area contributed by atoms with Crippen molar-refractivity contribution in [1.82, 2.24) is 0 Å². The number of rotatable bonds is 9. The average molecular weight is 474 g/mol. The first-order valence-electron chi connectivity index (χ1n) is 10.7. The van der Waals surface area contributed by atoms with Crippen molar-refractivity contribution < 1.29 is 28.2 Å². The Bertz CT molecular complexity index is 1280. The van der Waals surface area contributed by atoms with E-state index in [2.05, 4.69) is 5.32 Å². The highest BCUT2D eigenvalue weighted by atomic mass is 19.1. The Hall–Kier alpha value is -4.64. The zero-order valence-corrected chi connectivity index (χ0v) is 19.2. The largest absolute Gasteiger partial charge is 0.490 e. The van der Waals surface area contributed by atoms with E-state index in [1.54, 1.807) is 48.5 Å². The summed E-state index contributed by atoms with van der Waals surface area (Å²) in [6.07, 6.45) is 1.41. The first-order valence-corrected chi connectivity index (χ1v) is 10.7. The fourth-order valence-electron chi connectivity index (χ4n) is 3.13. The van der Waals surface area contributed by atoms with Gasteiger partial charge in [-0.2, -0.15) is 5.26 Å². The Kier molecular flexibility index (Phi) is 8.57. The van der Waals surface area contributed by atoms with Gasteiger partial charge >= 0.3 is 5.97 Å². The van der Waals surface area contributed by atoms with Gasteiger partial charge in [0.25, 0.3) is 5.91 Å². The Balaban J connectivity index is 1.80. The van der Waals surface area contributed by atoms with Gasteiger partial charge in [-0.25, -0.2) is 9.18 Å². The van der Waals surface area contributed by atoms with Crippen LogP contribution in [-0.4, -0.2) is 25.6 Å². The fourth-order valence-corrected chi connectivity index (χ4v) is 3.13. The molecule has 3 aromatic carbocycles. The number of amides is 1. The Morgan fingerprint density at radius 1 is 1.03 bits per heavy atom. The second-order valence-electron chi connectivity index (χ2n) is 7.22. The number of carbonyl (C=O) groups is 2. The summed E-state index contributed by atoms with van der Waals surface area (Å²) in [5, 5.41) is 12.1. The molecule has 0 aromatic heterocycles. The van der Waals surface area contributed by atoms with Gasteiger partial charge in [-0.3, -0.25) is 4.79 Å². The Morgan fingerprint density at radius 2 is 1.77 bits per heavy atom. The number of esters is 1. The van der Waals surface area contributed by atoms with Crippen LogP contribution in [0, 0.1) is 17.1 Å². The molecule has 0 aliphatic heterocycles. The summed E-state index contributed by atoms with van der Waals surface area (Å²) >= 11 is 0. The van der Waals surface area contributed by atoms with Gasteiger partial charge in [0.15, 0.2) is 11.5 Å². The van der Waals surface area contributed by atoms with Crippen LogP contribution in [0.2, 0.25) is 0 Å². The number of nitriles is 1. The molecule has 0 unspecified atom stereocenters. The maximum absolute atomic E-state index is 13.1. The third kappa shape index (κ3) is 6.68. The van der Waals surface area contributed by atoms with Crippen molar-refractivity contribution >= 4 is 23.6 Å². The topological polar surface area (TPSA) is 97.7 Å². The summed E-state index contributed by atoms with van der Waals surface area (Å²) in [6.45, 7) is 2.40. The molecule has 8 heteroatoms. The van der Waals surface area contributed by atoms with Gasteiger partial charge in [0.05, 0.1) is 25.0 Å². The number of hydrogen-bond acceptors (Lipinski definition) is 6. The van der Waals surface area contributed by atoms with E-state index in [9.17, 15) is 19.2 Å². The minimum Gasteiger partial charge on any atom is -0.490 e. The minimum absolute atomic E-state index is 0.168. The summed E-state index contributed by atoms with van der Waals surface area (Å²) in [4.78, 5) is 24.7. The lowest BCUT2D eigenvalue weighted by Gasteiger charge is -2.13. The molecule has 0 aliphatic rings. The lowest BCUT2D eigenvalue weighted by Crippen LogP contribution is -2.16. The molecule has 0 spiro atoms. The van der Waals surface area contributed by atoms with Gasteiger partial charge in [-0.05, 0) is 60.5 Å². The number of para-hydroxylation sites is 1. The number of carbonyl (C=O) groups excluding carboxylic acids is 2. The number of nitrogens with one attached hydrogen (secondary N) is 1. The zero-order chi connectivity index (χ0) is 25.2. The summed E-state index contributed by atoms with van der Waals surface area (Å²) in [5.74, 6) is -0.731. The SMILES string of the molecule is CCOc1cc(/C=C(/C#N)C(=O)Nc2ccccc2C(=O)OC)ccc1OCc1ccc(F)cc1. The van der Waals surface area contributed by atoms with Crippen LogP contribution < -0.4 is 14.8 Å². The predicted molar refractivity (Wildman–Crippen MR) is 128 cm³/mol. The van der Waals surface area contributed by atoms with E-state index in [1.807, 2.05) is 13.0 Å². The van der Waals surface area contributed by atoms with Crippen LogP contribution in [0.1, 0.15) is 28.4 Å². The summed E-state index contributed by atoms with van der Waals surface area (Å²) in [7, 11) is 1.24. The van der Waals surface area contributed by atoms with Crippen molar-refractivity contribution in [2.24, 2.45) is 0 Å². The fraction of sp³-hybridized carbons (Fsp3) is 0.148. The Labute approximate surface area is 202 Å². The molecule has 0 aliphatic carbocycles. The van der Waals surface area contributed by atoms with Crippen molar-refractivity contribution in [2.45, 2.75) is 13.5 Å². The van der Waals surface area contributed by atoms with Gasteiger partial charge in [-0.1, -0.05) is 30.3 Å². The molecule has 0 fully saturated rings. The molecule has 0 radical (unpaired) electrons. The average Bonchev–Trinajstić information content (AvgIpc) is 2.87. The first kappa shape index (κ1) is 25.0. The molecule has 0 heterocycles. The number of ether oxygens (including phenoxy) is 3. The number of halogens is 1. The number of hydrogen-bond donors (Lipinski definition) is 1. The summed E-state index contributed by atoms with van der Waals surface area (Å²) in [5.41, 5.74) is 1.54. The highest BCUT2D eigenvalue weighted by Crippen LogP contribution is 2.30. The second kappa shape index (κ2) is 12.0. The van der Waals surface area contributed by atoms with E-state index in [0.29, 0.717) is 23.7 Å². The third-order valence-corrected chi connectivity index (χ3v) is 4.83. The molecule has 0 atom stereocenters. The standard InChI is InChI=1S/C27H23FN2O5/c1-3-34-25-15-19(10-13-24(25)35-17-18-8-11-21(28)12-9-18)14-20(16-29)26(31)30-23-7-5-4-6-22(23)27(32)33-2/h4-15H,3,17H2,1-2H3,(H,30,31)/b20-14-. The van der Waals surface area contributed by atoms with Crippen LogP contribution in [0.5, 0.6) is 11.5 Å². The highest BCUT2D eigenvalue weighted by molar-refractivity contribution is 6.12. The molecule has 3 rings (SSSR count). The Morgan fingerprint density at radius 3 is 2.46 bits per heavy atom. The number of anilines is 1. The maximum atomic E-state index is 13.1. The molecule has 3 aromatic rings. The van der Waals surface area contributed by atoms with Gasteiger partial charge in [0.1, 0.15) is 24.1 Å². The second-order valence-corrected chi connectivity index (χ2v) is 7.22. The van der Waals surface area contributed by atoms with E-state index < -0.39 is 11.9 Å². The molecule has 0 saturated carbocycles.